The van der Waals surface area contributed by atoms with Gasteiger partial charge in [-0.2, -0.15) is 0 Å². The largest absolute Gasteiger partial charge is 0.466 e. The van der Waals surface area contributed by atoms with Gasteiger partial charge in [0, 0.05) is 12.8 Å². The summed E-state index contributed by atoms with van der Waals surface area (Å²) in [6, 6.07) is -0.833. The molecular formula is C80H147NO10. The highest BCUT2D eigenvalue weighted by Gasteiger charge is 2.44. The van der Waals surface area contributed by atoms with Gasteiger partial charge in [-0.1, -0.05) is 338 Å². The van der Waals surface area contributed by atoms with Crippen LogP contribution in [0.4, 0.5) is 0 Å². The summed E-state index contributed by atoms with van der Waals surface area (Å²) in [7, 11) is 0. The molecule has 1 heterocycles. The second kappa shape index (κ2) is 68.7. The Hall–Kier alpha value is -2.64. The van der Waals surface area contributed by atoms with Crippen LogP contribution in [0.5, 0.6) is 0 Å². The fourth-order valence-corrected chi connectivity index (χ4v) is 12.2. The van der Waals surface area contributed by atoms with E-state index in [2.05, 4.69) is 67.8 Å². The van der Waals surface area contributed by atoms with Gasteiger partial charge in [0.25, 0.3) is 0 Å². The van der Waals surface area contributed by atoms with Crippen LogP contribution in [0, 0.1) is 0 Å². The third kappa shape index (κ3) is 57.3. The van der Waals surface area contributed by atoms with Crippen molar-refractivity contribution in [3.8, 4) is 0 Å². The number of carbonyl (C=O) groups is 2. The minimum atomic E-state index is -1.58. The van der Waals surface area contributed by atoms with Gasteiger partial charge in [-0.25, -0.2) is 0 Å². The van der Waals surface area contributed by atoms with Crippen molar-refractivity contribution in [3.63, 3.8) is 0 Å². The molecule has 1 amide bonds. The van der Waals surface area contributed by atoms with Gasteiger partial charge in [-0.05, 0) is 83.5 Å². The number of ether oxygens (including phenoxy) is 3. The number of esters is 1. The number of amides is 1. The minimum Gasteiger partial charge on any atom is -0.466 e. The van der Waals surface area contributed by atoms with E-state index >= 15 is 0 Å². The number of hydrogen-bond acceptors (Lipinski definition) is 10. The van der Waals surface area contributed by atoms with Crippen LogP contribution >= 0.6 is 0 Å². The Morgan fingerprint density at radius 2 is 0.758 bits per heavy atom. The van der Waals surface area contributed by atoms with Gasteiger partial charge in [0.2, 0.25) is 5.91 Å². The lowest BCUT2D eigenvalue weighted by molar-refractivity contribution is -0.302. The van der Waals surface area contributed by atoms with Crippen LogP contribution in [0.1, 0.15) is 373 Å². The Labute approximate surface area is 560 Å². The summed E-state index contributed by atoms with van der Waals surface area (Å²) in [4.78, 5) is 25.1. The van der Waals surface area contributed by atoms with Crippen LogP contribution in [-0.2, 0) is 23.8 Å². The zero-order chi connectivity index (χ0) is 65.8. The van der Waals surface area contributed by atoms with E-state index in [0.717, 1.165) is 70.6 Å². The normalized spacial score (nSPS) is 17.9. The fourth-order valence-electron chi connectivity index (χ4n) is 12.2. The standard InChI is InChI=1S/C80H147NO10/c1-3-5-7-9-11-13-15-46-50-54-58-62-66-73(83)72(71-90-80-79(88)78(87)77(86)74(70-82)91-80)81-75(84)67-63-59-55-51-47-44-42-40-38-36-34-32-30-28-26-24-22-20-18-17-19-21-23-25-27-29-31-33-35-37-39-41-43-45-49-53-57-61-65-69-89-76(85)68-64-60-56-52-48-16-14-12-10-8-6-4-2/h9,11,17-18,21,23,46,50,62,66,72-74,77-80,82-83,86-88H,3-8,10,12-16,19-20,22,24-45,47-49,51-61,63-65,67-71H2,1-2H3,(H,81,84)/b11-9+,18-17-,23-21-,50-46+,66-62+. The van der Waals surface area contributed by atoms with Gasteiger partial charge in [0.1, 0.15) is 24.4 Å². The molecule has 1 aliphatic heterocycles. The molecule has 0 saturated carbocycles. The lowest BCUT2D eigenvalue weighted by atomic mass is 9.99. The van der Waals surface area contributed by atoms with Gasteiger partial charge < -0.3 is 45.1 Å². The van der Waals surface area contributed by atoms with Crippen LogP contribution in [0.2, 0.25) is 0 Å². The first kappa shape index (κ1) is 86.4. The Bertz CT molecular complexity index is 1700. The number of nitrogens with one attached hydrogen (secondary N) is 1. The number of aliphatic hydroxyl groups is 5. The SMILES string of the molecule is CCCC/C=C/CC/C=C/CC/C=C/C(O)C(COC1OC(CO)C(O)C(O)C1O)NC(=O)CCCCCCCCCCCCCCCCCCC/C=C\C/C=C\CCCCCCCCCCCCCCCCCOC(=O)CCCCCCCCCCCCCC. The van der Waals surface area contributed by atoms with E-state index in [9.17, 15) is 35.1 Å². The van der Waals surface area contributed by atoms with E-state index in [1.54, 1.807) is 6.08 Å². The van der Waals surface area contributed by atoms with Crippen LogP contribution in [0.15, 0.2) is 60.8 Å². The maximum Gasteiger partial charge on any atom is 0.305 e. The molecule has 1 fully saturated rings. The van der Waals surface area contributed by atoms with E-state index < -0.39 is 49.5 Å². The first-order valence-corrected chi connectivity index (χ1v) is 39.1. The van der Waals surface area contributed by atoms with Crippen LogP contribution < -0.4 is 5.32 Å². The highest BCUT2D eigenvalue weighted by molar-refractivity contribution is 5.76. The molecule has 0 aliphatic carbocycles. The highest BCUT2D eigenvalue weighted by atomic mass is 16.7. The van der Waals surface area contributed by atoms with Crippen LogP contribution in [-0.4, -0.2) is 100 Å². The van der Waals surface area contributed by atoms with E-state index in [1.807, 2.05) is 6.08 Å². The molecule has 6 N–H and O–H groups in total. The molecule has 1 saturated heterocycles. The third-order valence-electron chi connectivity index (χ3n) is 18.3. The van der Waals surface area contributed by atoms with Crippen molar-refractivity contribution in [2.45, 2.75) is 416 Å². The van der Waals surface area contributed by atoms with Gasteiger partial charge >= 0.3 is 5.97 Å². The van der Waals surface area contributed by atoms with Crippen molar-refractivity contribution in [1.29, 1.82) is 0 Å². The monoisotopic (exact) mass is 1280 g/mol. The molecule has 7 unspecified atom stereocenters. The summed E-state index contributed by atoms with van der Waals surface area (Å²) in [5.41, 5.74) is 0. The molecule has 0 aromatic heterocycles. The maximum atomic E-state index is 13.1. The molecule has 7 atom stereocenters. The molecule has 11 nitrogen and oxygen atoms in total. The average Bonchev–Trinajstić information content (AvgIpc) is 1.37. The molecule has 0 aromatic carbocycles. The Morgan fingerprint density at radius 1 is 0.407 bits per heavy atom. The van der Waals surface area contributed by atoms with Crippen LogP contribution in [0.3, 0.4) is 0 Å². The zero-order valence-electron chi connectivity index (χ0n) is 59.3. The number of rotatable bonds is 69. The predicted octanol–water partition coefficient (Wildman–Crippen LogP) is 20.9. The Balaban J connectivity index is 1.91. The molecule has 1 aliphatic rings. The smallest absolute Gasteiger partial charge is 0.305 e. The molecule has 0 aromatic rings. The van der Waals surface area contributed by atoms with Crippen molar-refractivity contribution in [2.24, 2.45) is 0 Å². The van der Waals surface area contributed by atoms with Crippen molar-refractivity contribution >= 4 is 11.9 Å². The first-order chi connectivity index (χ1) is 44.7. The third-order valence-corrected chi connectivity index (χ3v) is 18.3. The quantitative estimate of drug-likeness (QED) is 0.0195. The van der Waals surface area contributed by atoms with E-state index in [1.165, 1.54) is 276 Å². The van der Waals surface area contributed by atoms with Gasteiger partial charge in [0.15, 0.2) is 6.29 Å². The summed E-state index contributed by atoms with van der Waals surface area (Å²) < 4.78 is 16.7. The molecular weight excluding hydrogens is 1130 g/mol. The number of allylic oxidation sites excluding steroid dienone is 9. The molecule has 11 heteroatoms. The summed E-state index contributed by atoms with van der Waals surface area (Å²) >= 11 is 0. The summed E-state index contributed by atoms with van der Waals surface area (Å²) in [6.07, 6.45) is 82.6. The van der Waals surface area contributed by atoms with Gasteiger partial charge in [-0.15, -0.1) is 0 Å². The molecule has 0 spiro atoms. The lowest BCUT2D eigenvalue weighted by Gasteiger charge is -2.40. The van der Waals surface area contributed by atoms with Crippen molar-refractivity contribution in [1.82, 2.24) is 5.32 Å². The lowest BCUT2D eigenvalue weighted by Crippen LogP contribution is -2.60. The fraction of sp³-hybridized carbons (Fsp3) is 0.850. The first-order valence-electron chi connectivity index (χ1n) is 39.1. The number of carbonyl (C=O) groups excluding carboxylic acids is 2. The Morgan fingerprint density at radius 3 is 1.19 bits per heavy atom. The van der Waals surface area contributed by atoms with Crippen LogP contribution in [0.25, 0.3) is 0 Å². The number of hydrogen-bond donors (Lipinski definition) is 6. The van der Waals surface area contributed by atoms with Gasteiger partial charge in [0.05, 0.1) is 32.0 Å². The van der Waals surface area contributed by atoms with Gasteiger partial charge in [-0.3, -0.25) is 9.59 Å². The van der Waals surface area contributed by atoms with Crippen molar-refractivity contribution < 1.29 is 49.3 Å². The number of unbranched alkanes of at least 4 members (excludes halogenated alkanes) is 47. The topological polar surface area (TPSA) is 175 Å². The molecule has 0 radical (unpaired) electrons. The zero-order valence-corrected chi connectivity index (χ0v) is 59.3. The van der Waals surface area contributed by atoms with Crippen molar-refractivity contribution in [3.05, 3.63) is 60.8 Å². The number of aliphatic hydroxyl groups excluding tert-OH is 5. The predicted molar refractivity (Wildman–Crippen MR) is 384 cm³/mol. The maximum absolute atomic E-state index is 13.1. The Kier molecular flexibility index (Phi) is 65.2. The van der Waals surface area contributed by atoms with E-state index in [0.29, 0.717) is 19.4 Å². The van der Waals surface area contributed by atoms with E-state index in [-0.39, 0.29) is 18.5 Å². The second-order valence-corrected chi connectivity index (χ2v) is 27.0. The average molecular weight is 1280 g/mol. The molecule has 1 rings (SSSR count). The van der Waals surface area contributed by atoms with Crippen molar-refractivity contribution in [2.75, 3.05) is 19.8 Å². The molecule has 91 heavy (non-hydrogen) atoms. The molecule has 0 bridgehead atoms. The summed E-state index contributed by atoms with van der Waals surface area (Å²) in [5, 5.41) is 54.4. The highest BCUT2D eigenvalue weighted by Crippen LogP contribution is 2.24. The minimum absolute atomic E-state index is 0.0152. The van der Waals surface area contributed by atoms with E-state index in [4.69, 9.17) is 14.2 Å². The summed E-state index contributed by atoms with van der Waals surface area (Å²) in [5.74, 6) is -0.178. The summed E-state index contributed by atoms with van der Waals surface area (Å²) in [6.45, 7) is 4.31. The molecule has 532 valence electrons. The second-order valence-electron chi connectivity index (χ2n) is 27.0.